The number of likely N-dealkylation sites (N-methyl/N-ethyl adjacent to an activating group) is 1. The smallest absolute Gasteiger partial charge is 0.254 e. The molecule has 4 heteroatoms. The van der Waals surface area contributed by atoms with Crippen LogP contribution >= 0.6 is 0 Å². The van der Waals surface area contributed by atoms with Gasteiger partial charge in [0.1, 0.15) is 0 Å². The number of amides is 2. The van der Waals surface area contributed by atoms with Crippen LogP contribution in [0.3, 0.4) is 0 Å². The van der Waals surface area contributed by atoms with Crippen LogP contribution < -0.4 is 0 Å². The van der Waals surface area contributed by atoms with Crippen molar-refractivity contribution < 1.29 is 9.59 Å². The van der Waals surface area contributed by atoms with Gasteiger partial charge < -0.3 is 9.80 Å². The molecule has 1 aromatic carbocycles. The first kappa shape index (κ1) is 14.6. The minimum atomic E-state index is -0.0966. The van der Waals surface area contributed by atoms with Crippen molar-refractivity contribution in [2.24, 2.45) is 0 Å². The van der Waals surface area contributed by atoms with E-state index in [9.17, 15) is 9.59 Å². The second-order valence-corrected chi connectivity index (χ2v) is 5.55. The molecule has 108 valence electrons. The lowest BCUT2D eigenvalue weighted by molar-refractivity contribution is -0.130. The molecule has 0 N–H and O–H groups in total. The Labute approximate surface area is 120 Å². The molecule has 0 aromatic heterocycles. The van der Waals surface area contributed by atoms with E-state index in [-0.39, 0.29) is 18.4 Å². The van der Waals surface area contributed by atoms with Crippen LogP contribution in [-0.2, 0) is 4.79 Å². The number of hydrogen-bond acceptors (Lipinski definition) is 2. The molecule has 0 bridgehead atoms. The standard InChI is InChI=1S/C16H22N2O2/c1-12-6-7-14(10-13(12)2)16(20)17(3)11-15(19)18-8-4-5-9-18/h6-7,10H,4-5,8-9,11H2,1-3H3. The van der Waals surface area contributed by atoms with Gasteiger partial charge in [0.25, 0.3) is 5.91 Å². The van der Waals surface area contributed by atoms with Gasteiger partial charge in [-0.05, 0) is 49.9 Å². The average molecular weight is 274 g/mol. The summed E-state index contributed by atoms with van der Waals surface area (Å²) in [6.07, 6.45) is 2.14. The zero-order chi connectivity index (χ0) is 14.7. The zero-order valence-electron chi connectivity index (χ0n) is 12.5. The lowest BCUT2D eigenvalue weighted by Gasteiger charge is -2.21. The molecular formula is C16H22N2O2. The maximum atomic E-state index is 12.3. The van der Waals surface area contributed by atoms with Gasteiger partial charge in [0, 0.05) is 25.7 Å². The number of benzene rings is 1. The number of carbonyl (C=O) groups excluding carboxylic acids is 2. The molecule has 1 heterocycles. The summed E-state index contributed by atoms with van der Waals surface area (Å²) in [5.74, 6) is -0.0529. The van der Waals surface area contributed by atoms with E-state index in [1.807, 2.05) is 36.9 Å². The highest BCUT2D eigenvalue weighted by Crippen LogP contribution is 2.12. The summed E-state index contributed by atoms with van der Waals surface area (Å²) in [6, 6.07) is 5.65. The van der Waals surface area contributed by atoms with Gasteiger partial charge in [-0.25, -0.2) is 0 Å². The second kappa shape index (κ2) is 6.07. The third-order valence-corrected chi connectivity index (χ3v) is 3.93. The maximum Gasteiger partial charge on any atom is 0.254 e. The molecular weight excluding hydrogens is 252 g/mol. The Kier molecular flexibility index (Phi) is 4.42. The minimum absolute atomic E-state index is 0.0437. The Morgan fingerprint density at radius 1 is 1.15 bits per heavy atom. The molecule has 2 amide bonds. The van der Waals surface area contributed by atoms with Gasteiger partial charge in [-0.1, -0.05) is 6.07 Å². The first-order valence-electron chi connectivity index (χ1n) is 7.09. The van der Waals surface area contributed by atoms with E-state index < -0.39 is 0 Å². The van der Waals surface area contributed by atoms with Gasteiger partial charge >= 0.3 is 0 Å². The van der Waals surface area contributed by atoms with Crippen LogP contribution in [0.2, 0.25) is 0 Å². The molecule has 1 aliphatic rings. The van der Waals surface area contributed by atoms with Crippen molar-refractivity contribution in [1.29, 1.82) is 0 Å². The van der Waals surface area contributed by atoms with Crippen LogP contribution in [0.5, 0.6) is 0 Å². The predicted molar refractivity (Wildman–Crippen MR) is 78.7 cm³/mol. The van der Waals surface area contributed by atoms with Crippen LogP contribution in [0.25, 0.3) is 0 Å². The number of hydrogen-bond donors (Lipinski definition) is 0. The first-order chi connectivity index (χ1) is 9.49. The summed E-state index contributed by atoms with van der Waals surface area (Å²) >= 11 is 0. The zero-order valence-corrected chi connectivity index (χ0v) is 12.5. The van der Waals surface area contributed by atoms with Crippen molar-refractivity contribution in [3.05, 3.63) is 34.9 Å². The fourth-order valence-electron chi connectivity index (χ4n) is 2.44. The van der Waals surface area contributed by atoms with Gasteiger partial charge in [0.15, 0.2) is 0 Å². The lowest BCUT2D eigenvalue weighted by Crippen LogP contribution is -2.39. The van der Waals surface area contributed by atoms with Crippen LogP contribution in [0, 0.1) is 13.8 Å². The highest BCUT2D eigenvalue weighted by atomic mass is 16.2. The topological polar surface area (TPSA) is 40.6 Å². The normalized spacial score (nSPS) is 14.4. The highest BCUT2D eigenvalue weighted by molar-refractivity contribution is 5.96. The molecule has 1 saturated heterocycles. The first-order valence-corrected chi connectivity index (χ1v) is 7.09. The molecule has 20 heavy (non-hydrogen) atoms. The Hall–Kier alpha value is -1.84. The SMILES string of the molecule is Cc1ccc(C(=O)N(C)CC(=O)N2CCCC2)cc1C. The summed E-state index contributed by atoms with van der Waals surface area (Å²) in [6.45, 7) is 5.81. The molecule has 0 radical (unpaired) electrons. The van der Waals surface area contributed by atoms with Gasteiger partial charge in [-0.2, -0.15) is 0 Å². The van der Waals surface area contributed by atoms with Crippen molar-refractivity contribution in [2.45, 2.75) is 26.7 Å². The third kappa shape index (κ3) is 3.18. The average Bonchev–Trinajstić information content (AvgIpc) is 2.95. The second-order valence-electron chi connectivity index (χ2n) is 5.55. The lowest BCUT2D eigenvalue weighted by atomic mass is 10.1. The Balaban J connectivity index is 2.00. The van der Waals surface area contributed by atoms with E-state index >= 15 is 0 Å². The highest BCUT2D eigenvalue weighted by Gasteiger charge is 2.21. The van der Waals surface area contributed by atoms with Crippen molar-refractivity contribution in [2.75, 3.05) is 26.7 Å². The molecule has 1 fully saturated rings. The monoisotopic (exact) mass is 274 g/mol. The van der Waals surface area contributed by atoms with Crippen LogP contribution in [0.4, 0.5) is 0 Å². The predicted octanol–water partition coefficient (Wildman–Crippen LogP) is 2.00. The molecule has 1 aliphatic heterocycles. The summed E-state index contributed by atoms with van der Waals surface area (Å²) < 4.78 is 0. The van der Waals surface area contributed by atoms with Gasteiger partial charge in [-0.3, -0.25) is 9.59 Å². The fraction of sp³-hybridized carbons (Fsp3) is 0.500. The van der Waals surface area contributed by atoms with Crippen LogP contribution in [0.1, 0.15) is 34.3 Å². The van der Waals surface area contributed by atoms with Crippen LogP contribution in [-0.4, -0.2) is 48.3 Å². The Morgan fingerprint density at radius 3 is 2.40 bits per heavy atom. The van der Waals surface area contributed by atoms with Crippen LogP contribution in [0.15, 0.2) is 18.2 Å². The molecule has 0 saturated carbocycles. The number of likely N-dealkylation sites (tertiary alicyclic amines) is 1. The molecule has 0 aliphatic carbocycles. The van der Waals surface area contributed by atoms with Gasteiger partial charge in [-0.15, -0.1) is 0 Å². The van der Waals surface area contributed by atoms with Crippen molar-refractivity contribution in [1.82, 2.24) is 9.80 Å². The quantitative estimate of drug-likeness (QED) is 0.846. The molecule has 0 spiro atoms. The van der Waals surface area contributed by atoms with Gasteiger partial charge in [0.05, 0.1) is 6.54 Å². The number of carbonyl (C=O) groups is 2. The minimum Gasteiger partial charge on any atom is -0.341 e. The summed E-state index contributed by atoms with van der Waals surface area (Å²) in [4.78, 5) is 27.7. The van der Waals surface area contributed by atoms with Crippen molar-refractivity contribution in [3.8, 4) is 0 Å². The summed E-state index contributed by atoms with van der Waals surface area (Å²) in [5, 5.41) is 0. The Bertz CT molecular complexity index is 519. The Morgan fingerprint density at radius 2 is 1.80 bits per heavy atom. The van der Waals surface area contributed by atoms with E-state index in [1.165, 1.54) is 4.90 Å². The van der Waals surface area contributed by atoms with E-state index in [4.69, 9.17) is 0 Å². The number of nitrogens with zero attached hydrogens (tertiary/aromatic N) is 2. The van der Waals surface area contributed by atoms with E-state index in [1.54, 1.807) is 7.05 Å². The van der Waals surface area contributed by atoms with Crippen molar-refractivity contribution >= 4 is 11.8 Å². The van der Waals surface area contributed by atoms with E-state index in [0.717, 1.165) is 37.1 Å². The summed E-state index contributed by atoms with van der Waals surface area (Å²) in [5.41, 5.74) is 2.90. The summed E-state index contributed by atoms with van der Waals surface area (Å²) in [7, 11) is 1.69. The van der Waals surface area contributed by atoms with Crippen molar-refractivity contribution in [3.63, 3.8) is 0 Å². The third-order valence-electron chi connectivity index (χ3n) is 3.93. The van der Waals surface area contributed by atoms with E-state index in [2.05, 4.69) is 0 Å². The maximum absolute atomic E-state index is 12.3. The number of aryl methyl sites for hydroxylation is 2. The number of rotatable bonds is 3. The van der Waals surface area contributed by atoms with E-state index in [0.29, 0.717) is 5.56 Å². The van der Waals surface area contributed by atoms with Gasteiger partial charge in [0.2, 0.25) is 5.91 Å². The fourth-order valence-corrected chi connectivity index (χ4v) is 2.44. The largest absolute Gasteiger partial charge is 0.341 e. The molecule has 4 nitrogen and oxygen atoms in total. The molecule has 1 aromatic rings. The molecule has 0 atom stereocenters. The molecule has 0 unspecified atom stereocenters. The molecule has 2 rings (SSSR count).